The lowest BCUT2D eigenvalue weighted by Crippen LogP contribution is -2.06. The minimum atomic E-state index is -1.16. The van der Waals surface area contributed by atoms with Crippen molar-refractivity contribution in [2.24, 2.45) is 4.99 Å². The first-order valence-electron chi connectivity index (χ1n) is 6.60. The van der Waals surface area contributed by atoms with Crippen LogP contribution in [0.2, 0.25) is 0 Å². The van der Waals surface area contributed by atoms with Crippen LogP contribution in [-0.4, -0.2) is 27.1 Å². The second-order valence-electron chi connectivity index (χ2n) is 4.49. The molecule has 1 N–H and O–H groups in total. The van der Waals surface area contributed by atoms with Crippen molar-refractivity contribution in [3.63, 3.8) is 0 Å². The van der Waals surface area contributed by atoms with Crippen molar-refractivity contribution in [3.8, 4) is 6.07 Å². The normalized spacial score (nSPS) is 12.6. The number of aliphatic imine (C=N–C) groups is 1. The Hall–Kier alpha value is -2.68. The molecular formula is C15H18N4O2. The number of nitriles is 1. The van der Waals surface area contributed by atoms with E-state index in [9.17, 15) is 4.79 Å². The fourth-order valence-corrected chi connectivity index (χ4v) is 1.58. The lowest BCUT2D eigenvalue weighted by atomic mass is 10.2. The van der Waals surface area contributed by atoms with Gasteiger partial charge in [0.15, 0.2) is 5.69 Å². The Labute approximate surface area is 123 Å². The van der Waals surface area contributed by atoms with Crippen molar-refractivity contribution in [2.75, 3.05) is 0 Å². The maximum absolute atomic E-state index is 11.0. The van der Waals surface area contributed by atoms with Crippen LogP contribution in [0.15, 0.2) is 35.6 Å². The predicted octanol–water partition coefficient (Wildman–Crippen LogP) is 2.95. The molecule has 6 heteroatoms. The van der Waals surface area contributed by atoms with E-state index in [1.54, 1.807) is 12.3 Å². The van der Waals surface area contributed by atoms with Crippen molar-refractivity contribution in [1.29, 1.82) is 5.26 Å². The number of hydrogen-bond acceptors (Lipinski definition) is 4. The van der Waals surface area contributed by atoms with Crippen molar-refractivity contribution in [3.05, 3.63) is 41.9 Å². The van der Waals surface area contributed by atoms with Crippen molar-refractivity contribution in [1.82, 2.24) is 9.78 Å². The van der Waals surface area contributed by atoms with E-state index in [0.29, 0.717) is 12.1 Å². The molecular weight excluding hydrogens is 268 g/mol. The number of allylic oxidation sites excluding steroid dienone is 2. The number of carbonyl (C=O) groups is 1. The summed E-state index contributed by atoms with van der Waals surface area (Å²) in [6.07, 6.45) is 8.37. The molecule has 1 rings (SSSR count). The van der Waals surface area contributed by atoms with Crippen LogP contribution in [0.1, 0.15) is 48.8 Å². The number of carboxylic acid groups (broad SMARTS) is 1. The zero-order valence-electron chi connectivity index (χ0n) is 12.2. The van der Waals surface area contributed by atoms with Crippen LogP contribution in [0.25, 0.3) is 0 Å². The molecule has 0 aliphatic heterocycles. The van der Waals surface area contributed by atoms with Gasteiger partial charge < -0.3 is 5.11 Å². The van der Waals surface area contributed by atoms with Gasteiger partial charge in [-0.3, -0.25) is 9.67 Å². The molecule has 1 unspecified atom stereocenters. The van der Waals surface area contributed by atoms with E-state index in [2.05, 4.69) is 16.7 Å². The van der Waals surface area contributed by atoms with Crippen LogP contribution in [0, 0.1) is 11.3 Å². The average molecular weight is 286 g/mol. The summed E-state index contributed by atoms with van der Waals surface area (Å²) in [4.78, 5) is 15.2. The summed E-state index contributed by atoms with van der Waals surface area (Å²) in [6, 6.07) is 1.68. The highest BCUT2D eigenvalue weighted by molar-refractivity contribution is 5.89. The molecule has 0 aliphatic carbocycles. The maximum Gasteiger partial charge on any atom is 0.340 e. The summed E-state index contributed by atoms with van der Waals surface area (Å²) >= 11 is 0. The maximum atomic E-state index is 11.0. The quantitative estimate of drug-likeness (QED) is 0.616. The second-order valence-corrected chi connectivity index (χ2v) is 4.49. The summed E-state index contributed by atoms with van der Waals surface area (Å²) in [5.41, 5.74) is 0.492. The molecule has 1 aromatic heterocycles. The van der Waals surface area contributed by atoms with E-state index < -0.39 is 5.97 Å². The van der Waals surface area contributed by atoms with Gasteiger partial charge in [0.2, 0.25) is 0 Å². The molecule has 1 aromatic rings. The molecule has 0 saturated heterocycles. The Bertz CT molecular complexity index is 620. The molecule has 0 fully saturated rings. The molecule has 0 saturated carbocycles. The Kier molecular flexibility index (Phi) is 6.08. The molecule has 1 atom stereocenters. The van der Waals surface area contributed by atoms with Gasteiger partial charge in [-0.15, -0.1) is 0 Å². The monoisotopic (exact) mass is 286 g/mol. The lowest BCUT2D eigenvalue weighted by molar-refractivity contribution is 0.0696. The van der Waals surface area contributed by atoms with Crippen LogP contribution >= 0.6 is 0 Å². The van der Waals surface area contributed by atoms with Gasteiger partial charge in [0.05, 0.1) is 11.7 Å². The van der Waals surface area contributed by atoms with E-state index in [-0.39, 0.29) is 17.3 Å². The van der Waals surface area contributed by atoms with E-state index >= 15 is 0 Å². The van der Waals surface area contributed by atoms with Crippen LogP contribution in [0.5, 0.6) is 0 Å². The van der Waals surface area contributed by atoms with Crippen LogP contribution in [-0.2, 0) is 0 Å². The Morgan fingerprint density at radius 1 is 1.71 bits per heavy atom. The molecule has 1 heterocycles. The van der Waals surface area contributed by atoms with Gasteiger partial charge >= 0.3 is 5.97 Å². The lowest BCUT2D eigenvalue weighted by Gasteiger charge is -2.08. The number of aromatic carboxylic acids is 1. The Morgan fingerprint density at radius 3 is 2.95 bits per heavy atom. The molecule has 21 heavy (non-hydrogen) atoms. The number of carboxylic acids is 1. The third kappa shape index (κ3) is 4.73. The summed E-state index contributed by atoms with van der Waals surface area (Å²) in [5, 5.41) is 21.8. The highest BCUT2D eigenvalue weighted by Gasteiger charge is 2.17. The molecule has 0 spiro atoms. The van der Waals surface area contributed by atoms with Crippen LogP contribution in [0.3, 0.4) is 0 Å². The average Bonchev–Trinajstić information content (AvgIpc) is 2.89. The van der Waals surface area contributed by atoms with Gasteiger partial charge in [-0.2, -0.15) is 10.4 Å². The highest BCUT2D eigenvalue weighted by Crippen LogP contribution is 2.13. The van der Waals surface area contributed by atoms with E-state index in [0.717, 1.165) is 6.42 Å². The van der Waals surface area contributed by atoms with E-state index in [1.165, 1.54) is 10.9 Å². The van der Waals surface area contributed by atoms with Gasteiger partial charge in [-0.25, -0.2) is 4.79 Å². The molecule has 0 amide bonds. The zero-order chi connectivity index (χ0) is 15.8. The first-order chi connectivity index (χ1) is 9.99. The Balaban J connectivity index is 2.73. The van der Waals surface area contributed by atoms with Gasteiger partial charge in [0, 0.05) is 18.8 Å². The highest BCUT2D eigenvalue weighted by atomic mass is 16.4. The molecule has 0 radical (unpaired) electrons. The first kappa shape index (κ1) is 16.4. The van der Waals surface area contributed by atoms with E-state index in [4.69, 9.17) is 10.4 Å². The predicted molar refractivity (Wildman–Crippen MR) is 80.3 cm³/mol. The van der Waals surface area contributed by atoms with Gasteiger partial charge in [0.1, 0.15) is 11.6 Å². The van der Waals surface area contributed by atoms with E-state index in [1.807, 2.05) is 26.0 Å². The number of rotatable bonds is 7. The summed E-state index contributed by atoms with van der Waals surface area (Å²) < 4.78 is 1.47. The smallest absolute Gasteiger partial charge is 0.340 e. The topological polar surface area (TPSA) is 91.3 Å². The fraction of sp³-hybridized carbons (Fsp3) is 0.333. The fourth-order valence-electron chi connectivity index (χ4n) is 1.58. The molecule has 110 valence electrons. The van der Waals surface area contributed by atoms with Crippen LogP contribution in [0.4, 0.5) is 0 Å². The minimum Gasteiger partial charge on any atom is -0.478 e. The van der Waals surface area contributed by atoms with Crippen molar-refractivity contribution >= 4 is 12.2 Å². The minimum absolute atomic E-state index is 0.0819. The second kappa shape index (κ2) is 7.80. The van der Waals surface area contributed by atoms with Crippen molar-refractivity contribution < 1.29 is 9.90 Å². The third-order valence-electron chi connectivity index (χ3n) is 2.77. The molecule has 6 nitrogen and oxygen atoms in total. The third-order valence-corrected chi connectivity index (χ3v) is 2.77. The number of nitrogens with zero attached hydrogens (tertiary/aromatic N) is 4. The standard InChI is InChI=1S/C15H18N4O2/c1-4-5-6-11(2)17-8-7-12(3)19-10-13(15(20)21)14(9-16)18-19/h5-6,8,10,12H,2,4,7H2,1,3H3,(H,20,21)/b6-5-,17-8-. The van der Waals surface area contributed by atoms with Gasteiger partial charge in [0.25, 0.3) is 0 Å². The Morgan fingerprint density at radius 2 is 2.43 bits per heavy atom. The first-order valence-corrected chi connectivity index (χ1v) is 6.60. The van der Waals surface area contributed by atoms with Crippen molar-refractivity contribution in [2.45, 2.75) is 32.7 Å². The zero-order valence-corrected chi connectivity index (χ0v) is 12.2. The molecule has 0 bridgehead atoms. The molecule has 0 aromatic carbocycles. The molecule has 0 aliphatic rings. The van der Waals surface area contributed by atoms with Crippen LogP contribution < -0.4 is 0 Å². The van der Waals surface area contributed by atoms with Gasteiger partial charge in [-0.1, -0.05) is 19.6 Å². The summed E-state index contributed by atoms with van der Waals surface area (Å²) in [5.74, 6) is -1.16. The number of hydrogen-bond donors (Lipinski definition) is 1. The van der Waals surface area contributed by atoms with Gasteiger partial charge in [-0.05, 0) is 19.4 Å². The number of aromatic nitrogens is 2. The largest absolute Gasteiger partial charge is 0.478 e. The SMILES string of the molecule is C=C(/C=C\CC)/N=C\CC(C)n1cc(C(=O)O)c(C#N)n1. The summed E-state index contributed by atoms with van der Waals surface area (Å²) in [7, 11) is 0. The summed E-state index contributed by atoms with van der Waals surface area (Å²) in [6.45, 7) is 7.69.